The Morgan fingerprint density at radius 1 is 1.19 bits per heavy atom. The fourth-order valence-corrected chi connectivity index (χ4v) is 3.61. The van der Waals surface area contributed by atoms with E-state index in [1.54, 1.807) is 0 Å². The van der Waals surface area contributed by atoms with E-state index in [-0.39, 0.29) is 5.91 Å². The van der Waals surface area contributed by atoms with E-state index in [0.717, 1.165) is 30.0 Å². The van der Waals surface area contributed by atoms with Crippen LogP contribution in [0.4, 0.5) is 0 Å². The van der Waals surface area contributed by atoms with E-state index in [9.17, 15) is 4.79 Å². The Hall–Kier alpha value is -2.73. The maximum absolute atomic E-state index is 12.4. The molecule has 1 saturated heterocycles. The zero-order chi connectivity index (χ0) is 17.9. The number of hydrogen-bond acceptors (Lipinski definition) is 4. The minimum Gasteiger partial charge on any atom is -0.352 e. The molecule has 1 aliphatic rings. The number of aromatic nitrogens is 3. The standard InChI is InChI=1S/C20H23N5O/c1-24-13-4-5-17(24)11-12-21-20(26)16-9-7-15(8-10-16)19-23-22-18-6-2-3-14-25(18)19/h2-3,6-10,14,17H,4-5,11-13H2,1H3,(H,21,26)/t17-/m1/s1. The highest BCUT2D eigenvalue weighted by Gasteiger charge is 2.20. The van der Waals surface area contributed by atoms with Crippen molar-refractivity contribution >= 4 is 11.6 Å². The smallest absolute Gasteiger partial charge is 0.251 e. The molecule has 2 aromatic heterocycles. The first-order valence-corrected chi connectivity index (χ1v) is 9.11. The molecule has 4 rings (SSSR count). The molecule has 0 radical (unpaired) electrons. The Labute approximate surface area is 152 Å². The predicted octanol–water partition coefficient (Wildman–Crippen LogP) is 2.61. The molecule has 3 aromatic rings. The molecule has 1 atom stereocenters. The Morgan fingerprint density at radius 2 is 2.04 bits per heavy atom. The van der Waals surface area contributed by atoms with Gasteiger partial charge in [0.25, 0.3) is 5.91 Å². The third-order valence-electron chi connectivity index (χ3n) is 5.15. The van der Waals surface area contributed by atoms with Crippen LogP contribution in [0, 0.1) is 0 Å². The van der Waals surface area contributed by atoms with Crippen LogP contribution in [-0.2, 0) is 0 Å². The van der Waals surface area contributed by atoms with Crippen LogP contribution < -0.4 is 5.32 Å². The molecule has 0 spiro atoms. The summed E-state index contributed by atoms with van der Waals surface area (Å²) in [7, 11) is 2.16. The number of fused-ring (bicyclic) bond motifs is 1. The molecular formula is C20H23N5O. The molecule has 6 heteroatoms. The van der Waals surface area contributed by atoms with Gasteiger partial charge in [0.05, 0.1) is 0 Å². The molecule has 1 aliphatic heterocycles. The molecule has 1 amide bonds. The van der Waals surface area contributed by atoms with E-state index in [4.69, 9.17) is 0 Å². The van der Waals surface area contributed by atoms with Gasteiger partial charge in [-0.05, 0) is 57.1 Å². The number of amides is 1. The van der Waals surface area contributed by atoms with Crippen molar-refractivity contribution in [3.8, 4) is 11.4 Å². The molecular weight excluding hydrogens is 326 g/mol. The predicted molar refractivity (Wildman–Crippen MR) is 101 cm³/mol. The maximum Gasteiger partial charge on any atom is 0.251 e. The van der Waals surface area contributed by atoms with Crippen LogP contribution in [0.3, 0.4) is 0 Å². The summed E-state index contributed by atoms with van der Waals surface area (Å²) >= 11 is 0. The summed E-state index contributed by atoms with van der Waals surface area (Å²) in [5.41, 5.74) is 2.41. The van der Waals surface area contributed by atoms with Crippen molar-refractivity contribution in [2.75, 3.05) is 20.1 Å². The highest BCUT2D eigenvalue weighted by molar-refractivity contribution is 5.94. The van der Waals surface area contributed by atoms with Crippen molar-refractivity contribution in [1.82, 2.24) is 24.8 Å². The van der Waals surface area contributed by atoms with Crippen LogP contribution in [0.1, 0.15) is 29.6 Å². The minimum absolute atomic E-state index is 0.0247. The zero-order valence-electron chi connectivity index (χ0n) is 14.9. The van der Waals surface area contributed by atoms with Gasteiger partial charge in [0.15, 0.2) is 11.5 Å². The zero-order valence-corrected chi connectivity index (χ0v) is 14.9. The second kappa shape index (κ2) is 7.25. The third-order valence-corrected chi connectivity index (χ3v) is 5.15. The maximum atomic E-state index is 12.4. The number of nitrogens with zero attached hydrogens (tertiary/aromatic N) is 4. The second-order valence-electron chi connectivity index (χ2n) is 6.85. The normalized spacial score (nSPS) is 17.7. The van der Waals surface area contributed by atoms with Gasteiger partial charge >= 0.3 is 0 Å². The summed E-state index contributed by atoms with van der Waals surface area (Å²) in [6.45, 7) is 1.88. The lowest BCUT2D eigenvalue weighted by atomic mass is 10.1. The van der Waals surface area contributed by atoms with E-state index in [2.05, 4.69) is 27.5 Å². The lowest BCUT2D eigenvalue weighted by Crippen LogP contribution is -2.31. The number of hydrogen-bond donors (Lipinski definition) is 1. The quantitative estimate of drug-likeness (QED) is 0.769. The summed E-state index contributed by atoms with van der Waals surface area (Å²) in [5, 5.41) is 11.4. The molecule has 26 heavy (non-hydrogen) atoms. The average molecular weight is 349 g/mol. The first kappa shape index (κ1) is 16.7. The highest BCUT2D eigenvalue weighted by Crippen LogP contribution is 2.19. The van der Waals surface area contributed by atoms with Gasteiger partial charge in [0.1, 0.15) is 0 Å². The van der Waals surface area contributed by atoms with Gasteiger partial charge in [0.2, 0.25) is 0 Å². The van der Waals surface area contributed by atoms with E-state index < -0.39 is 0 Å². The third kappa shape index (κ3) is 3.32. The van der Waals surface area contributed by atoms with Crippen molar-refractivity contribution < 1.29 is 4.79 Å². The number of benzene rings is 1. The molecule has 0 saturated carbocycles. The van der Waals surface area contributed by atoms with Gasteiger partial charge in [0, 0.05) is 29.9 Å². The lowest BCUT2D eigenvalue weighted by molar-refractivity contribution is 0.0950. The number of nitrogens with one attached hydrogen (secondary N) is 1. The number of carbonyl (C=O) groups excluding carboxylic acids is 1. The van der Waals surface area contributed by atoms with Gasteiger partial charge < -0.3 is 10.2 Å². The number of pyridine rings is 1. The molecule has 0 bridgehead atoms. The topological polar surface area (TPSA) is 62.5 Å². The average Bonchev–Trinajstić information content (AvgIpc) is 3.28. The molecule has 1 N–H and O–H groups in total. The van der Waals surface area contributed by atoms with Gasteiger partial charge in [-0.3, -0.25) is 9.20 Å². The van der Waals surface area contributed by atoms with Gasteiger partial charge in [-0.2, -0.15) is 0 Å². The minimum atomic E-state index is -0.0247. The van der Waals surface area contributed by atoms with Crippen molar-refractivity contribution in [3.05, 3.63) is 54.2 Å². The SMILES string of the molecule is CN1CCC[C@@H]1CCNC(=O)c1ccc(-c2nnc3ccccn23)cc1. The van der Waals surface area contributed by atoms with Crippen molar-refractivity contribution in [3.63, 3.8) is 0 Å². The fourth-order valence-electron chi connectivity index (χ4n) is 3.61. The monoisotopic (exact) mass is 349 g/mol. The molecule has 134 valence electrons. The van der Waals surface area contributed by atoms with Crippen molar-refractivity contribution in [1.29, 1.82) is 0 Å². The van der Waals surface area contributed by atoms with Crippen molar-refractivity contribution in [2.45, 2.75) is 25.3 Å². The van der Waals surface area contributed by atoms with Crippen LogP contribution in [0.2, 0.25) is 0 Å². The van der Waals surface area contributed by atoms with Crippen LogP contribution in [-0.4, -0.2) is 51.6 Å². The van der Waals surface area contributed by atoms with Gasteiger partial charge in [-0.25, -0.2) is 0 Å². The van der Waals surface area contributed by atoms with Crippen LogP contribution >= 0.6 is 0 Å². The Balaban J connectivity index is 1.40. The summed E-state index contributed by atoms with van der Waals surface area (Å²) in [6.07, 6.45) is 5.43. The van der Waals surface area contributed by atoms with Crippen LogP contribution in [0.15, 0.2) is 48.7 Å². The van der Waals surface area contributed by atoms with E-state index in [1.807, 2.05) is 53.1 Å². The molecule has 0 aliphatic carbocycles. The number of rotatable bonds is 5. The van der Waals surface area contributed by atoms with E-state index in [1.165, 1.54) is 12.8 Å². The Bertz CT molecular complexity index is 902. The van der Waals surface area contributed by atoms with E-state index in [0.29, 0.717) is 18.2 Å². The first-order valence-electron chi connectivity index (χ1n) is 9.11. The second-order valence-corrected chi connectivity index (χ2v) is 6.85. The number of likely N-dealkylation sites (tertiary alicyclic amines) is 1. The van der Waals surface area contributed by atoms with Gasteiger partial charge in [-0.15, -0.1) is 10.2 Å². The summed E-state index contributed by atoms with van der Waals surface area (Å²) < 4.78 is 1.94. The lowest BCUT2D eigenvalue weighted by Gasteiger charge is -2.19. The van der Waals surface area contributed by atoms with Crippen LogP contribution in [0.5, 0.6) is 0 Å². The fraction of sp³-hybridized carbons (Fsp3) is 0.350. The van der Waals surface area contributed by atoms with Crippen LogP contribution in [0.25, 0.3) is 17.0 Å². The number of carbonyl (C=O) groups is 1. The van der Waals surface area contributed by atoms with E-state index >= 15 is 0 Å². The summed E-state index contributed by atoms with van der Waals surface area (Å²) in [4.78, 5) is 14.7. The Kier molecular flexibility index (Phi) is 4.67. The molecule has 0 unspecified atom stereocenters. The van der Waals surface area contributed by atoms with Gasteiger partial charge in [-0.1, -0.05) is 18.2 Å². The van der Waals surface area contributed by atoms with Crippen molar-refractivity contribution in [2.24, 2.45) is 0 Å². The highest BCUT2D eigenvalue weighted by atomic mass is 16.1. The molecule has 1 fully saturated rings. The Morgan fingerprint density at radius 3 is 2.81 bits per heavy atom. The molecule has 1 aromatic carbocycles. The summed E-state index contributed by atoms with van der Waals surface area (Å²) in [6, 6.07) is 13.9. The molecule has 6 nitrogen and oxygen atoms in total. The largest absolute Gasteiger partial charge is 0.352 e. The summed E-state index contributed by atoms with van der Waals surface area (Å²) in [5.74, 6) is 0.750. The first-order chi connectivity index (χ1) is 12.7. The molecule has 3 heterocycles.